The first-order chi connectivity index (χ1) is 18.1. The Morgan fingerprint density at radius 1 is 1.21 bits per heavy atom. The van der Waals surface area contributed by atoms with Crippen molar-refractivity contribution in [2.24, 2.45) is 17.3 Å². The van der Waals surface area contributed by atoms with Crippen LogP contribution in [-0.4, -0.2) is 79.6 Å². The Bertz CT molecular complexity index is 975. The molecule has 0 saturated carbocycles. The minimum atomic E-state index is -0.770. The highest BCUT2D eigenvalue weighted by Gasteiger charge is 2.78. The fourth-order valence-corrected chi connectivity index (χ4v) is 9.85. The van der Waals surface area contributed by atoms with E-state index in [0.717, 1.165) is 32.1 Å². The lowest BCUT2D eigenvalue weighted by molar-refractivity contribution is -0.156. The van der Waals surface area contributed by atoms with E-state index < -0.39 is 39.0 Å². The molecule has 220 valence electrons. The summed E-state index contributed by atoms with van der Waals surface area (Å²) in [5.41, 5.74) is -0.521. The number of ether oxygens (including phenoxy) is 1. The monoisotopic (exact) mass is 562 g/mol. The van der Waals surface area contributed by atoms with Gasteiger partial charge in [-0.15, -0.1) is 24.9 Å². The number of thioether (sulfide) groups is 1. The predicted molar refractivity (Wildman–Crippen MR) is 157 cm³/mol. The number of aliphatic hydroxyl groups is 1. The van der Waals surface area contributed by atoms with Gasteiger partial charge >= 0.3 is 5.97 Å². The van der Waals surface area contributed by atoms with Crippen molar-refractivity contribution in [3.05, 3.63) is 25.3 Å². The number of rotatable bonds is 13. The lowest BCUT2D eigenvalue weighted by Crippen LogP contribution is -2.61. The highest BCUT2D eigenvalue weighted by atomic mass is 32.2. The van der Waals surface area contributed by atoms with E-state index in [1.165, 1.54) is 0 Å². The van der Waals surface area contributed by atoms with Crippen LogP contribution in [0.1, 0.15) is 87.0 Å². The smallest absolute Gasteiger partial charge is 0.311 e. The molecule has 8 heteroatoms. The van der Waals surface area contributed by atoms with Crippen LogP contribution in [0, 0.1) is 17.3 Å². The molecule has 0 radical (unpaired) electrons. The zero-order chi connectivity index (χ0) is 29.4. The number of esters is 1. The Balaban J connectivity index is 2.02. The summed E-state index contributed by atoms with van der Waals surface area (Å²) < 4.78 is 4.52. The summed E-state index contributed by atoms with van der Waals surface area (Å²) >= 11 is 1.64. The highest BCUT2D eigenvalue weighted by Crippen LogP contribution is 2.71. The van der Waals surface area contributed by atoms with Crippen molar-refractivity contribution in [3.63, 3.8) is 0 Å². The standard InChI is InChI=1S/C31H50N2O5S/c1-10-12-13-14-18-38-27(37)23-22-25(35)33(21(3)19-34)24(31(22)16-15-30(23,9)39-31)26(36)32(17-11-2)29(7,8)20-28(4,5)6/h10-11,21-24,34H,1-2,12-20H2,3-9H3/t21-,22+,23-,24?,30+,31?/m1/s1. The van der Waals surface area contributed by atoms with Crippen LogP contribution in [0.15, 0.2) is 25.3 Å². The molecule has 2 unspecified atom stereocenters. The number of allylic oxidation sites excluding steroid dienone is 1. The molecule has 7 nitrogen and oxygen atoms in total. The van der Waals surface area contributed by atoms with E-state index >= 15 is 0 Å². The summed E-state index contributed by atoms with van der Waals surface area (Å²) in [6.07, 6.45) is 8.25. The zero-order valence-electron chi connectivity index (χ0n) is 25.1. The van der Waals surface area contributed by atoms with Gasteiger partial charge in [-0.25, -0.2) is 0 Å². The van der Waals surface area contributed by atoms with E-state index in [0.29, 0.717) is 19.6 Å². The van der Waals surface area contributed by atoms with Crippen LogP contribution in [-0.2, 0) is 19.1 Å². The van der Waals surface area contributed by atoms with Gasteiger partial charge < -0.3 is 19.6 Å². The topological polar surface area (TPSA) is 87.1 Å². The van der Waals surface area contributed by atoms with Crippen molar-refractivity contribution in [3.8, 4) is 0 Å². The SMILES string of the molecule is C=CCCCCOC(=O)[C@H]1[C@H]2C(=O)N([C@H](C)CO)C(C(=O)N(CC=C)C(C)(C)CC(C)(C)C)C23CC[C@]1(C)S3. The second kappa shape index (κ2) is 11.6. The number of unbranched alkanes of at least 4 members (excludes halogenated alkanes) is 2. The normalized spacial score (nSPS) is 30.7. The van der Waals surface area contributed by atoms with Gasteiger partial charge in [-0.2, -0.15) is 0 Å². The summed E-state index contributed by atoms with van der Waals surface area (Å²) in [6.45, 7) is 22.5. The third-order valence-electron chi connectivity index (χ3n) is 8.76. The third-order valence-corrected chi connectivity index (χ3v) is 10.7. The van der Waals surface area contributed by atoms with Gasteiger partial charge in [-0.05, 0) is 71.6 Å². The Labute approximate surface area is 239 Å². The van der Waals surface area contributed by atoms with Crippen LogP contribution in [0.25, 0.3) is 0 Å². The maximum atomic E-state index is 14.7. The molecule has 3 saturated heterocycles. The van der Waals surface area contributed by atoms with Gasteiger partial charge in [0.15, 0.2) is 0 Å². The number of likely N-dealkylation sites (tertiary alicyclic amines) is 1. The summed E-state index contributed by atoms with van der Waals surface area (Å²) in [6, 6.07) is -1.32. The minimum Gasteiger partial charge on any atom is -0.465 e. The summed E-state index contributed by atoms with van der Waals surface area (Å²) in [5.74, 6) is -1.96. The van der Waals surface area contributed by atoms with Crippen molar-refractivity contribution in [1.29, 1.82) is 0 Å². The molecular formula is C31H50N2O5S. The quantitative estimate of drug-likeness (QED) is 0.194. The number of fused-ring (bicyclic) bond motifs is 1. The van der Waals surface area contributed by atoms with E-state index in [2.05, 4.69) is 47.8 Å². The lowest BCUT2D eigenvalue weighted by atomic mass is 9.66. The molecule has 3 aliphatic heterocycles. The molecule has 3 heterocycles. The van der Waals surface area contributed by atoms with Crippen LogP contribution in [0.2, 0.25) is 0 Å². The van der Waals surface area contributed by atoms with E-state index in [4.69, 9.17) is 4.74 Å². The van der Waals surface area contributed by atoms with Crippen LogP contribution in [0.3, 0.4) is 0 Å². The fourth-order valence-electron chi connectivity index (χ4n) is 7.52. The average Bonchev–Trinajstić information content (AvgIpc) is 3.40. The second-order valence-corrected chi connectivity index (χ2v) is 15.6. The Hall–Kier alpha value is -1.80. The Morgan fingerprint density at radius 2 is 1.87 bits per heavy atom. The summed E-state index contributed by atoms with van der Waals surface area (Å²) in [7, 11) is 0. The molecule has 2 amide bonds. The van der Waals surface area contributed by atoms with Gasteiger partial charge in [0.2, 0.25) is 11.8 Å². The lowest BCUT2D eigenvalue weighted by Gasteiger charge is -2.46. The van der Waals surface area contributed by atoms with Crippen molar-refractivity contribution < 1.29 is 24.2 Å². The zero-order valence-corrected chi connectivity index (χ0v) is 25.9. The molecule has 1 N–H and O–H groups in total. The maximum Gasteiger partial charge on any atom is 0.311 e. The van der Waals surface area contributed by atoms with E-state index in [-0.39, 0.29) is 29.8 Å². The fraction of sp³-hybridized carbons (Fsp3) is 0.774. The first-order valence-corrected chi connectivity index (χ1v) is 15.2. The third kappa shape index (κ3) is 5.83. The molecule has 39 heavy (non-hydrogen) atoms. The number of aliphatic hydroxyl groups excluding tert-OH is 1. The summed E-state index contributed by atoms with van der Waals surface area (Å²) in [5, 5.41) is 10.2. The maximum absolute atomic E-state index is 14.7. The largest absolute Gasteiger partial charge is 0.465 e. The molecule has 3 aliphatic rings. The first kappa shape index (κ1) is 31.7. The number of carbonyl (C=O) groups is 3. The van der Waals surface area contributed by atoms with Crippen molar-refractivity contribution in [2.75, 3.05) is 19.8 Å². The van der Waals surface area contributed by atoms with Gasteiger partial charge in [0, 0.05) is 16.8 Å². The van der Waals surface area contributed by atoms with Gasteiger partial charge in [0.05, 0.1) is 35.8 Å². The van der Waals surface area contributed by atoms with Gasteiger partial charge in [-0.1, -0.05) is 32.9 Å². The summed E-state index contributed by atoms with van der Waals surface area (Å²) in [4.78, 5) is 45.9. The second-order valence-electron chi connectivity index (χ2n) is 13.7. The van der Waals surface area contributed by atoms with Crippen molar-refractivity contribution in [1.82, 2.24) is 9.80 Å². The van der Waals surface area contributed by atoms with Crippen molar-refractivity contribution >= 4 is 29.5 Å². The van der Waals surface area contributed by atoms with E-state index in [1.54, 1.807) is 29.7 Å². The number of hydrogen-bond acceptors (Lipinski definition) is 6. The van der Waals surface area contributed by atoms with Crippen LogP contribution >= 0.6 is 11.8 Å². The van der Waals surface area contributed by atoms with Crippen LogP contribution < -0.4 is 0 Å². The molecule has 6 atom stereocenters. The number of carbonyl (C=O) groups excluding carboxylic acids is 3. The van der Waals surface area contributed by atoms with E-state index in [1.807, 2.05) is 17.9 Å². The highest BCUT2D eigenvalue weighted by molar-refractivity contribution is 8.02. The van der Waals surface area contributed by atoms with Gasteiger partial charge in [0.25, 0.3) is 0 Å². The number of amides is 2. The predicted octanol–water partition coefficient (Wildman–Crippen LogP) is 4.98. The number of nitrogens with zero attached hydrogens (tertiary/aromatic N) is 2. The minimum absolute atomic E-state index is 0.0256. The van der Waals surface area contributed by atoms with Gasteiger partial charge in [0.1, 0.15) is 6.04 Å². The molecule has 0 aromatic rings. The van der Waals surface area contributed by atoms with Crippen LogP contribution in [0.4, 0.5) is 0 Å². The molecule has 2 bridgehead atoms. The Morgan fingerprint density at radius 3 is 2.44 bits per heavy atom. The van der Waals surface area contributed by atoms with Crippen LogP contribution in [0.5, 0.6) is 0 Å². The molecule has 0 aromatic carbocycles. The van der Waals surface area contributed by atoms with Gasteiger partial charge in [-0.3, -0.25) is 14.4 Å². The molecule has 3 rings (SSSR count). The first-order valence-electron chi connectivity index (χ1n) is 14.4. The molecule has 1 spiro atoms. The Kier molecular flexibility index (Phi) is 9.43. The number of hydrogen-bond donors (Lipinski definition) is 1. The molecule has 3 fully saturated rings. The molecular weight excluding hydrogens is 512 g/mol. The molecule has 0 aromatic heterocycles. The molecule has 0 aliphatic carbocycles. The average molecular weight is 563 g/mol. The van der Waals surface area contributed by atoms with E-state index in [9.17, 15) is 19.5 Å². The van der Waals surface area contributed by atoms with Crippen molar-refractivity contribution in [2.45, 2.75) is 114 Å².